The van der Waals surface area contributed by atoms with Crippen LogP contribution in [0.4, 0.5) is 5.69 Å². The molecule has 5 rings (SSSR count). The number of hydrogen-bond donors (Lipinski definition) is 2. The first-order chi connectivity index (χ1) is 22.5. The van der Waals surface area contributed by atoms with E-state index in [1.165, 1.54) is 38.3 Å². The van der Waals surface area contributed by atoms with Gasteiger partial charge in [0, 0.05) is 23.2 Å². The van der Waals surface area contributed by atoms with E-state index in [0.717, 1.165) is 22.3 Å². The van der Waals surface area contributed by atoms with Crippen molar-refractivity contribution in [2.24, 2.45) is 0 Å². The zero-order valence-electron chi connectivity index (χ0n) is 25.5. The maximum absolute atomic E-state index is 12.9. The summed E-state index contributed by atoms with van der Waals surface area (Å²) in [7, 11) is -2.87. The molecular weight excluding hydrogens is 616 g/mol. The molecule has 0 aromatic heterocycles. The molecule has 0 saturated carbocycles. The molecule has 0 radical (unpaired) electrons. The van der Waals surface area contributed by atoms with Gasteiger partial charge in [0.15, 0.2) is 0 Å². The molecule has 0 atom stereocenters. The van der Waals surface area contributed by atoms with Crippen LogP contribution in [0.15, 0.2) is 126 Å². The number of Topliss-reactive ketones (excluding diaryl/α,β-unsaturated/α-hetero) is 1. The molecule has 0 fully saturated rings. The number of amides is 2. The van der Waals surface area contributed by atoms with Crippen LogP contribution in [0.2, 0.25) is 0 Å². The predicted molar refractivity (Wildman–Crippen MR) is 179 cm³/mol. The molecule has 2 N–H and O–H groups in total. The maximum atomic E-state index is 12.9. The Kier molecular flexibility index (Phi) is 9.72. The van der Waals surface area contributed by atoms with E-state index in [2.05, 4.69) is 10.0 Å². The smallest absolute Gasteiger partial charge is 0.337 e. The van der Waals surface area contributed by atoms with Gasteiger partial charge in [-0.1, -0.05) is 66.7 Å². The van der Waals surface area contributed by atoms with Crippen molar-refractivity contribution in [3.8, 4) is 22.3 Å². The Balaban J connectivity index is 1.20. The third-order valence-electron chi connectivity index (χ3n) is 7.34. The molecule has 0 aliphatic carbocycles. The van der Waals surface area contributed by atoms with E-state index in [0.29, 0.717) is 22.4 Å². The average molecular weight is 647 g/mol. The Morgan fingerprint density at radius 2 is 1.04 bits per heavy atom. The van der Waals surface area contributed by atoms with Gasteiger partial charge in [-0.05, 0) is 89.3 Å². The van der Waals surface area contributed by atoms with E-state index in [4.69, 9.17) is 4.74 Å². The lowest BCUT2D eigenvalue weighted by atomic mass is 10.0. The molecule has 5 aromatic rings. The van der Waals surface area contributed by atoms with Gasteiger partial charge in [0.2, 0.25) is 0 Å². The molecule has 2 amide bonds. The van der Waals surface area contributed by atoms with Crippen molar-refractivity contribution < 1.29 is 32.3 Å². The zero-order chi connectivity index (χ0) is 33.6. The van der Waals surface area contributed by atoms with E-state index in [9.17, 15) is 27.6 Å². The van der Waals surface area contributed by atoms with Crippen LogP contribution in [-0.4, -0.2) is 39.1 Å². The second-order valence-corrected chi connectivity index (χ2v) is 12.3. The Labute approximate surface area is 272 Å². The van der Waals surface area contributed by atoms with Crippen molar-refractivity contribution in [2.75, 3.05) is 12.4 Å². The highest BCUT2D eigenvalue weighted by Gasteiger charge is 2.22. The summed E-state index contributed by atoms with van der Waals surface area (Å²) in [6, 6.07) is 33.8. The second kappa shape index (κ2) is 14.1. The number of hydrogen-bond acceptors (Lipinski definition) is 7. The average Bonchev–Trinajstić information content (AvgIpc) is 3.08. The molecule has 0 aliphatic heterocycles. The van der Waals surface area contributed by atoms with Crippen molar-refractivity contribution >= 4 is 39.3 Å². The summed E-state index contributed by atoms with van der Waals surface area (Å²) >= 11 is 0. The monoisotopic (exact) mass is 646 g/mol. The minimum Gasteiger partial charge on any atom is -0.465 e. The first kappa shape index (κ1) is 32.5. The SMILES string of the molecule is COC(=O)c1ccc(-c2ccc(C(=O)Nc3ccc(-c4ccc(C(=O)NS(=O)(=O)c5ccccc5CC(C)=O)cc4)cc3)cc2)cc1. The van der Waals surface area contributed by atoms with Crippen molar-refractivity contribution in [1.82, 2.24) is 4.72 Å². The van der Waals surface area contributed by atoms with Crippen LogP contribution in [-0.2, 0) is 26.0 Å². The topological polar surface area (TPSA) is 136 Å². The molecule has 0 spiro atoms. The second-order valence-electron chi connectivity index (χ2n) is 10.7. The number of anilines is 1. The highest BCUT2D eigenvalue weighted by atomic mass is 32.2. The summed E-state index contributed by atoms with van der Waals surface area (Å²) in [4.78, 5) is 48.8. The number of nitrogens with one attached hydrogen (secondary N) is 2. The van der Waals surface area contributed by atoms with Gasteiger partial charge in [-0.25, -0.2) is 17.9 Å². The molecule has 0 aliphatic rings. The van der Waals surface area contributed by atoms with Gasteiger partial charge in [-0.2, -0.15) is 0 Å². The van der Waals surface area contributed by atoms with Gasteiger partial charge in [-0.15, -0.1) is 0 Å². The summed E-state index contributed by atoms with van der Waals surface area (Å²) in [6.07, 6.45) is -0.0628. The van der Waals surface area contributed by atoms with Crippen molar-refractivity contribution in [3.05, 3.63) is 144 Å². The molecular formula is C37H30N2O7S. The van der Waals surface area contributed by atoms with Crippen molar-refractivity contribution in [1.29, 1.82) is 0 Å². The van der Waals surface area contributed by atoms with E-state index < -0.39 is 21.9 Å². The van der Waals surface area contributed by atoms with Gasteiger partial charge in [0.05, 0.1) is 17.6 Å². The minimum absolute atomic E-state index is 0.0628. The molecule has 0 unspecified atom stereocenters. The summed E-state index contributed by atoms with van der Waals surface area (Å²) in [5.41, 5.74) is 5.37. The van der Waals surface area contributed by atoms with Crippen LogP contribution in [0.3, 0.4) is 0 Å². The van der Waals surface area contributed by atoms with Crippen molar-refractivity contribution in [3.63, 3.8) is 0 Å². The van der Waals surface area contributed by atoms with E-state index >= 15 is 0 Å². The zero-order valence-corrected chi connectivity index (χ0v) is 26.3. The van der Waals surface area contributed by atoms with Crippen LogP contribution < -0.4 is 10.0 Å². The fraction of sp³-hybridized carbons (Fsp3) is 0.0811. The number of rotatable bonds is 10. The summed E-state index contributed by atoms with van der Waals surface area (Å²) in [5.74, 6) is -1.68. The Morgan fingerprint density at radius 3 is 1.53 bits per heavy atom. The van der Waals surface area contributed by atoms with Crippen molar-refractivity contribution in [2.45, 2.75) is 18.2 Å². The van der Waals surface area contributed by atoms with E-state index in [1.54, 1.807) is 60.7 Å². The van der Waals surface area contributed by atoms with Gasteiger partial charge >= 0.3 is 5.97 Å². The number of esters is 1. The lowest BCUT2D eigenvalue weighted by Crippen LogP contribution is -2.31. The third-order valence-corrected chi connectivity index (χ3v) is 8.77. The molecule has 0 heterocycles. The first-order valence-corrected chi connectivity index (χ1v) is 16.0. The summed E-state index contributed by atoms with van der Waals surface area (Å²) in [5, 5.41) is 2.88. The van der Waals surface area contributed by atoms with Gasteiger partial charge in [0.25, 0.3) is 21.8 Å². The van der Waals surface area contributed by atoms with Gasteiger partial charge in [0.1, 0.15) is 5.78 Å². The van der Waals surface area contributed by atoms with Crippen LogP contribution in [0, 0.1) is 0 Å². The summed E-state index contributed by atoms with van der Waals surface area (Å²) in [6.45, 7) is 1.37. The lowest BCUT2D eigenvalue weighted by molar-refractivity contribution is -0.116. The fourth-order valence-electron chi connectivity index (χ4n) is 4.91. The van der Waals surface area contributed by atoms with Gasteiger partial charge in [-0.3, -0.25) is 14.4 Å². The number of ketones is 1. The maximum Gasteiger partial charge on any atom is 0.337 e. The van der Waals surface area contributed by atoms with Gasteiger partial charge < -0.3 is 10.1 Å². The highest BCUT2D eigenvalue weighted by Crippen LogP contribution is 2.24. The predicted octanol–water partition coefficient (Wildman–Crippen LogP) is 6.31. The Bertz CT molecular complexity index is 2050. The number of sulfonamides is 1. The minimum atomic E-state index is -4.20. The molecule has 5 aromatic carbocycles. The number of carbonyl (C=O) groups excluding carboxylic acids is 4. The molecule has 0 bridgehead atoms. The Hall–Kier alpha value is -5.87. The van der Waals surface area contributed by atoms with E-state index in [-0.39, 0.29) is 28.6 Å². The highest BCUT2D eigenvalue weighted by molar-refractivity contribution is 7.90. The third kappa shape index (κ3) is 7.86. The number of benzene rings is 5. The van der Waals surface area contributed by atoms with Crippen LogP contribution >= 0.6 is 0 Å². The molecule has 47 heavy (non-hydrogen) atoms. The first-order valence-electron chi connectivity index (χ1n) is 14.5. The Morgan fingerprint density at radius 1 is 0.596 bits per heavy atom. The van der Waals surface area contributed by atoms with Crippen LogP contribution in [0.5, 0.6) is 0 Å². The van der Waals surface area contributed by atoms with Crippen LogP contribution in [0.25, 0.3) is 22.3 Å². The molecule has 10 heteroatoms. The molecule has 236 valence electrons. The fourth-order valence-corrected chi connectivity index (χ4v) is 6.13. The standard InChI is InChI=1S/C37H30N2O7S/c1-24(40)23-32-5-3-4-6-34(32)47(44,45)39-36(42)30-15-9-26(10-16-30)28-19-21-33(22-20-28)38-35(41)29-13-7-25(8-14-29)27-11-17-31(18-12-27)37(43)46-2/h3-22H,23H2,1-2H3,(H,38,41)(H,39,42). The number of carbonyl (C=O) groups is 4. The molecule has 0 saturated heterocycles. The quantitative estimate of drug-likeness (QED) is 0.170. The van der Waals surface area contributed by atoms with E-state index in [1.807, 2.05) is 36.4 Å². The number of methoxy groups -OCH3 is 1. The lowest BCUT2D eigenvalue weighted by Gasteiger charge is -2.11. The molecule has 9 nitrogen and oxygen atoms in total. The number of ether oxygens (including phenoxy) is 1. The van der Waals surface area contributed by atoms with Crippen LogP contribution in [0.1, 0.15) is 43.6 Å². The normalized spacial score (nSPS) is 10.9. The largest absolute Gasteiger partial charge is 0.465 e. The summed E-state index contributed by atoms with van der Waals surface area (Å²) < 4.78 is 32.7.